The lowest BCUT2D eigenvalue weighted by Gasteiger charge is -2.22. The summed E-state index contributed by atoms with van der Waals surface area (Å²) < 4.78 is 50.9. The third-order valence-electron chi connectivity index (χ3n) is 5.96. The van der Waals surface area contributed by atoms with E-state index in [1.54, 1.807) is 18.2 Å². The minimum atomic E-state index is -4.74. The second kappa shape index (κ2) is 13.9. The number of nitrogens with zero attached hydrogens (tertiary/aromatic N) is 1. The van der Waals surface area contributed by atoms with Gasteiger partial charge in [-0.15, -0.1) is 0 Å². The van der Waals surface area contributed by atoms with E-state index in [1.807, 2.05) is 18.9 Å². The molecule has 2 aromatic carbocycles. The smallest absolute Gasteiger partial charge is 0.418 e. The number of nitrogens with one attached hydrogen (secondary N) is 1. The molecule has 0 aromatic heterocycles. The summed E-state index contributed by atoms with van der Waals surface area (Å²) in [6.45, 7) is 3.13. The lowest BCUT2D eigenvalue weighted by atomic mass is 9.92. The van der Waals surface area contributed by atoms with Crippen LogP contribution in [0.2, 0.25) is 10.0 Å². The molecule has 2 aromatic rings. The quantitative estimate of drug-likeness (QED) is 0.291. The van der Waals surface area contributed by atoms with E-state index >= 15 is 0 Å². The van der Waals surface area contributed by atoms with Gasteiger partial charge in [0.1, 0.15) is 5.75 Å². The average molecular weight is 563 g/mol. The van der Waals surface area contributed by atoms with E-state index in [1.165, 1.54) is 14.2 Å². The Morgan fingerprint density at radius 2 is 1.70 bits per heavy atom. The Kier molecular flexibility index (Phi) is 11.5. The maximum absolute atomic E-state index is 13.6. The minimum absolute atomic E-state index is 0.105. The number of esters is 1. The molecule has 1 amide bonds. The average Bonchev–Trinajstić information content (AvgIpc) is 2.83. The Bertz CT molecular complexity index is 1100. The first kappa shape index (κ1) is 30.7. The van der Waals surface area contributed by atoms with Gasteiger partial charge in [0, 0.05) is 6.42 Å². The lowest BCUT2D eigenvalue weighted by molar-refractivity contribution is -0.141. The maximum atomic E-state index is 13.6. The number of benzene rings is 2. The van der Waals surface area contributed by atoms with Crippen LogP contribution < -0.4 is 10.1 Å². The van der Waals surface area contributed by atoms with Crippen LogP contribution in [0.4, 0.5) is 18.9 Å². The van der Waals surface area contributed by atoms with Gasteiger partial charge >= 0.3 is 12.1 Å². The van der Waals surface area contributed by atoms with Gasteiger partial charge in [-0.25, -0.2) is 0 Å². The largest absolute Gasteiger partial charge is 0.496 e. The van der Waals surface area contributed by atoms with Crippen molar-refractivity contribution in [3.8, 4) is 5.75 Å². The highest BCUT2D eigenvalue weighted by atomic mass is 35.5. The van der Waals surface area contributed by atoms with E-state index in [-0.39, 0.29) is 16.0 Å². The number of hydrogen-bond acceptors (Lipinski definition) is 5. The van der Waals surface area contributed by atoms with Crippen molar-refractivity contribution >= 4 is 40.8 Å². The third-order valence-corrected chi connectivity index (χ3v) is 6.68. The first-order valence-electron chi connectivity index (χ1n) is 11.6. The number of rotatable bonds is 12. The van der Waals surface area contributed by atoms with E-state index in [0.717, 1.165) is 11.6 Å². The van der Waals surface area contributed by atoms with E-state index in [2.05, 4.69) is 10.1 Å². The Hall–Kier alpha value is -2.49. The summed E-state index contributed by atoms with van der Waals surface area (Å²) in [5.74, 6) is -1.07. The van der Waals surface area contributed by atoms with Crippen LogP contribution in [0, 0.1) is 6.92 Å². The predicted molar refractivity (Wildman–Crippen MR) is 139 cm³/mol. The van der Waals surface area contributed by atoms with Gasteiger partial charge in [0.2, 0.25) is 5.91 Å². The van der Waals surface area contributed by atoms with Crippen LogP contribution >= 0.6 is 23.2 Å². The van der Waals surface area contributed by atoms with Crippen LogP contribution in [-0.2, 0) is 20.5 Å². The molecule has 0 radical (unpaired) electrons. The van der Waals surface area contributed by atoms with E-state index in [0.29, 0.717) is 56.2 Å². The summed E-state index contributed by atoms with van der Waals surface area (Å²) in [7, 11) is 4.75. The van der Waals surface area contributed by atoms with Crippen molar-refractivity contribution in [2.24, 2.45) is 0 Å². The number of aryl methyl sites for hydroxylation is 1. The Morgan fingerprint density at radius 3 is 2.32 bits per heavy atom. The Balaban J connectivity index is 2.24. The second-order valence-electron chi connectivity index (χ2n) is 8.71. The molecule has 0 saturated heterocycles. The van der Waals surface area contributed by atoms with Crippen LogP contribution in [0.15, 0.2) is 30.3 Å². The number of ether oxygens (including phenoxy) is 2. The summed E-state index contributed by atoms with van der Waals surface area (Å²) >= 11 is 11.8. The van der Waals surface area contributed by atoms with Crippen molar-refractivity contribution in [1.29, 1.82) is 0 Å². The standard InChI is InChI=1S/C26H31Cl2F3N2O4/c1-16-9-10-17(13-23(16)36-3)18(7-5-11-33(2)12-6-8-24(34)37-4)25(35)32-22-15-21(28)20(27)14-19(22)26(29,30)31/h9-10,13-15,18H,5-8,11-12H2,1-4H3,(H,32,35). The van der Waals surface area contributed by atoms with Crippen molar-refractivity contribution in [2.75, 3.05) is 39.7 Å². The van der Waals surface area contributed by atoms with Gasteiger partial charge in [-0.1, -0.05) is 35.3 Å². The molecule has 0 aliphatic carbocycles. The van der Waals surface area contributed by atoms with Crippen LogP contribution in [0.1, 0.15) is 48.3 Å². The molecule has 1 unspecified atom stereocenters. The molecule has 0 heterocycles. The van der Waals surface area contributed by atoms with Gasteiger partial charge in [0.05, 0.1) is 41.4 Å². The molecule has 0 bridgehead atoms. The van der Waals surface area contributed by atoms with Gasteiger partial charge in [-0.3, -0.25) is 9.59 Å². The van der Waals surface area contributed by atoms with Crippen molar-refractivity contribution in [1.82, 2.24) is 4.90 Å². The highest BCUT2D eigenvalue weighted by Gasteiger charge is 2.35. The molecule has 37 heavy (non-hydrogen) atoms. The molecule has 11 heteroatoms. The van der Waals surface area contributed by atoms with E-state index in [4.69, 9.17) is 27.9 Å². The van der Waals surface area contributed by atoms with Crippen LogP contribution in [0.3, 0.4) is 0 Å². The molecular formula is C26H31Cl2F3N2O4. The zero-order chi connectivity index (χ0) is 27.8. The summed E-state index contributed by atoms with van der Waals surface area (Å²) in [6, 6.07) is 6.99. The Morgan fingerprint density at radius 1 is 1.05 bits per heavy atom. The van der Waals surface area contributed by atoms with Crippen LogP contribution in [-0.4, -0.2) is 51.1 Å². The molecule has 0 saturated carbocycles. The number of hydrogen-bond donors (Lipinski definition) is 1. The summed E-state index contributed by atoms with van der Waals surface area (Å²) in [4.78, 5) is 26.7. The number of alkyl halides is 3. The van der Waals surface area contributed by atoms with Crippen LogP contribution in [0.5, 0.6) is 5.75 Å². The van der Waals surface area contributed by atoms with Gasteiger partial charge < -0.3 is 19.7 Å². The highest BCUT2D eigenvalue weighted by Crippen LogP contribution is 2.40. The molecule has 1 atom stereocenters. The minimum Gasteiger partial charge on any atom is -0.496 e. The highest BCUT2D eigenvalue weighted by molar-refractivity contribution is 6.42. The topological polar surface area (TPSA) is 67.9 Å². The van der Waals surface area contributed by atoms with E-state index in [9.17, 15) is 22.8 Å². The third kappa shape index (κ3) is 9.09. The molecule has 204 valence electrons. The van der Waals surface area contributed by atoms with Crippen molar-refractivity contribution in [3.05, 3.63) is 57.1 Å². The number of anilines is 1. The number of halogens is 5. The molecule has 0 spiro atoms. The molecule has 6 nitrogen and oxygen atoms in total. The SMILES string of the molecule is COC(=O)CCCN(C)CCCC(C(=O)Nc1cc(Cl)c(Cl)cc1C(F)(F)F)c1ccc(C)c(OC)c1. The summed E-state index contributed by atoms with van der Waals surface area (Å²) in [5, 5.41) is 2.05. The predicted octanol–water partition coefficient (Wildman–Crippen LogP) is 6.72. The maximum Gasteiger partial charge on any atom is 0.418 e. The fourth-order valence-corrected chi connectivity index (χ4v) is 4.21. The van der Waals surface area contributed by atoms with Gasteiger partial charge in [-0.05, 0) is 75.6 Å². The van der Waals surface area contributed by atoms with Gasteiger partial charge in [0.25, 0.3) is 0 Å². The lowest BCUT2D eigenvalue weighted by Crippen LogP contribution is -2.26. The number of carbonyl (C=O) groups is 2. The normalized spacial score (nSPS) is 12.4. The zero-order valence-electron chi connectivity index (χ0n) is 21.2. The summed E-state index contributed by atoms with van der Waals surface area (Å²) in [6.07, 6.45) is -2.87. The first-order chi connectivity index (χ1) is 17.4. The fraction of sp³-hybridized carbons (Fsp3) is 0.462. The van der Waals surface area contributed by atoms with Crippen LogP contribution in [0.25, 0.3) is 0 Å². The monoisotopic (exact) mass is 562 g/mol. The molecule has 0 aliphatic rings. The van der Waals surface area contributed by atoms with Crippen molar-refractivity contribution in [2.45, 2.75) is 44.7 Å². The van der Waals surface area contributed by atoms with Gasteiger partial charge in [-0.2, -0.15) is 13.2 Å². The fourth-order valence-electron chi connectivity index (χ4n) is 3.88. The van der Waals surface area contributed by atoms with E-state index < -0.39 is 29.3 Å². The molecule has 0 aliphatic heterocycles. The van der Waals surface area contributed by atoms with Gasteiger partial charge in [0.15, 0.2) is 0 Å². The Labute approximate surface area is 225 Å². The molecule has 1 N–H and O–H groups in total. The van der Waals surface area contributed by atoms with Crippen molar-refractivity contribution in [3.63, 3.8) is 0 Å². The number of methoxy groups -OCH3 is 2. The molecule has 2 rings (SSSR count). The molecule has 0 fully saturated rings. The molecular weight excluding hydrogens is 532 g/mol. The summed E-state index contributed by atoms with van der Waals surface area (Å²) in [5.41, 5.74) is -0.0711. The first-order valence-corrected chi connectivity index (χ1v) is 12.4. The zero-order valence-corrected chi connectivity index (χ0v) is 22.7. The van der Waals surface area contributed by atoms with Crippen molar-refractivity contribution < 1.29 is 32.2 Å². The second-order valence-corrected chi connectivity index (χ2v) is 9.52. The number of amides is 1. The number of carbonyl (C=O) groups excluding carboxylic acids is 2.